The Labute approximate surface area is 192 Å². The van der Waals surface area contributed by atoms with Gasteiger partial charge in [0.05, 0.1) is 11.4 Å². The molecule has 0 aliphatic carbocycles. The third-order valence-corrected chi connectivity index (χ3v) is 4.70. The molecular weight excluding hydrogens is 419 g/mol. The molecule has 0 aliphatic rings. The number of hydrogen-bond donors (Lipinski definition) is 2. The summed E-state index contributed by atoms with van der Waals surface area (Å²) >= 11 is 0. The Kier molecular flexibility index (Phi) is 7.66. The molecule has 33 heavy (non-hydrogen) atoms. The number of benzene rings is 3. The number of allylic oxidation sites excluding steroid dienone is 2. The minimum atomic E-state index is -0.472. The van der Waals surface area contributed by atoms with Crippen LogP contribution in [0.2, 0.25) is 0 Å². The fourth-order valence-corrected chi connectivity index (χ4v) is 2.87. The van der Waals surface area contributed by atoms with Crippen LogP contribution in [-0.2, 0) is 6.61 Å². The first-order valence-electron chi connectivity index (χ1n) is 10.3. The van der Waals surface area contributed by atoms with Crippen molar-refractivity contribution in [3.05, 3.63) is 95.6 Å². The Bertz CT molecular complexity index is 1200. The lowest BCUT2D eigenvalue weighted by molar-refractivity contribution is 0.303. The maximum absolute atomic E-state index is 14.1. The fraction of sp³-hybridized carbons (Fsp3) is 0.154. The first-order valence-corrected chi connectivity index (χ1v) is 10.3. The number of nitrogens with two attached hydrogens (primary N) is 2. The first-order chi connectivity index (χ1) is 15.9. The average Bonchev–Trinajstić information content (AvgIpc) is 2.81. The summed E-state index contributed by atoms with van der Waals surface area (Å²) in [5, 5.41) is 9.38. The molecule has 3 rings (SSSR count). The van der Waals surface area contributed by atoms with Crippen molar-refractivity contribution in [2.24, 2.45) is 22.4 Å². The molecule has 4 N–H and O–H groups in total. The minimum Gasteiger partial charge on any atom is -0.489 e. The van der Waals surface area contributed by atoms with Gasteiger partial charge in [0.15, 0.2) is 5.71 Å². The third kappa shape index (κ3) is 6.58. The highest BCUT2D eigenvalue weighted by Crippen LogP contribution is 2.29. The van der Waals surface area contributed by atoms with E-state index < -0.39 is 5.82 Å². The van der Waals surface area contributed by atoms with Gasteiger partial charge in [0.25, 0.3) is 0 Å². The van der Waals surface area contributed by atoms with Crippen LogP contribution in [0.5, 0.6) is 17.2 Å². The Morgan fingerprint density at radius 2 is 1.64 bits per heavy atom. The highest BCUT2D eigenvalue weighted by Gasteiger charge is 2.11. The summed E-state index contributed by atoms with van der Waals surface area (Å²) in [6.07, 6.45) is 0. The van der Waals surface area contributed by atoms with Gasteiger partial charge in [-0.3, -0.25) is 0 Å². The van der Waals surface area contributed by atoms with E-state index in [1.165, 1.54) is 12.1 Å². The van der Waals surface area contributed by atoms with Crippen molar-refractivity contribution in [3.8, 4) is 23.3 Å². The minimum absolute atomic E-state index is 0.00726. The van der Waals surface area contributed by atoms with Gasteiger partial charge in [0, 0.05) is 23.9 Å². The van der Waals surface area contributed by atoms with Gasteiger partial charge in [-0.25, -0.2) is 9.38 Å². The second-order valence-corrected chi connectivity index (χ2v) is 7.59. The predicted molar refractivity (Wildman–Crippen MR) is 127 cm³/mol. The van der Waals surface area contributed by atoms with Gasteiger partial charge in [-0.05, 0) is 35.7 Å². The van der Waals surface area contributed by atoms with E-state index in [9.17, 15) is 9.65 Å². The van der Waals surface area contributed by atoms with E-state index in [-0.39, 0.29) is 17.3 Å². The zero-order valence-electron chi connectivity index (χ0n) is 18.5. The second-order valence-electron chi connectivity index (χ2n) is 7.59. The smallest absolute Gasteiger partial charge is 0.165 e. The van der Waals surface area contributed by atoms with Crippen molar-refractivity contribution in [3.63, 3.8) is 0 Å². The third-order valence-electron chi connectivity index (χ3n) is 4.70. The molecule has 0 heterocycles. The number of nitrogens with zero attached hydrogens (tertiary/aromatic N) is 2. The molecule has 0 saturated heterocycles. The van der Waals surface area contributed by atoms with Crippen LogP contribution in [0, 0.1) is 23.1 Å². The Hall–Kier alpha value is -4.31. The van der Waals surface area contributed by atoms with Crippen LogP contribution in [0.4, 0.5) is 10.1 Å². The van der Waals surface area contributed by atoms with E-state index in [1.54, 1.807) is 30.3 Å². The molecule has 3 aromatic rings. The van der Waals surface area contributed by atoms with Gasteiger partial charge in [0.1, 0.15) is 35.7 Å². The molecule has 6 nitrogen and oxygen atoms in total. The van der Waals surface area contributed by atoms with E-state index in [2.05, 4.69) is 4.99 Å². The van der Waals surface area contributed by atoms with Gasteiger partial charge in [-0.15, -0.1) is 0 Å². The molecule has 0 atom stereocenters. The summed E-state index contributed by atoms with van der Waals surface area (Å²) in [6, 6.07) is 22.4. The topological polar surface area (TPSA) is 107 Å². The summed E-state index contributed by atoms with van der Waals surface area (Å²) < 4.78 is 25.5. The normalized spacial score (nSPS) is 12.2. The van der Waals surface area contributed by atoms with Crippen molar-refractivity contribution in [1.82, 2.24) is 0 Å². The zero-order chi connectivity index (χ0) is 23.8. The average molecular weight is 445 g/mol. The first kappa shape index (κ1) is 23.4. The van der Waals surface area contributed by atoms with Gasteiger partial charge < -0.3 is 20.9 Å². The number of nitriles is 1. The molecule has 0 fully saturated rings. The van der Waals surface area contributed by atoms with E-state index in [4.69, 9.17) is 20.9 Å². The van der Waals surface area contributed by atoms with Crippen molar-refractivity contribution in [2.45, 2.75) is 20.5 Å². The van der Waals surface area contributed by atoms with Crippen LogP contribution in [0.3, 0.4) is 0 Å². The highest BCUT2D eigenvalue weighted by molar-refractivity contribution is 6.12. The second kappa shape index (κ2) is 10.8. The van der Waals surface area contributed by atoms with Crippen LogP contribution in [-0.4, -0.2) is 5.71 Å². The molecule has 3 aromatic carbocycles. The van der Waals surface area contributed by atoms with Crippen molar-refractivity contribution in [1.29, 1.82) is 5.26 Å². The van der Waals surface area contributed by atoms with Crippen LogP contribution < -0.4 is 20.9 Å². The molecule has 0 saturated carbocycles. The van der Waals surface area contributed by atoms with Crippen LogP contribution >= 0.6 is 0 Å². The maximum Gasteiger partial charge on any atom is 0.165 e. The summed E-state index contributed by atoms with van der Waals surface area (Å²) in [4.78, 5) is 4.27. The monoisotopic (exact) mass is 444 g/mol. The predicted octanol–water partition coefficient (Wildman–Crippen LogP) is 5.58. The number of aliphatic imine (C=N–C) groups is 1. The van der Waals surface area contributed by atoms with Crippen molar-refractivity contribution < 1.29 is 13.9 Å². The quantitative estimate of drug-likeness (QED) is 0.441. The number of halogens is 1. The lowest BCUT2D eigenvalue weighted by atomic mass is 10.1. The fourth-order valence-electron chi connectivity index (χ4n) is 2.87. The molecule has 0 spiro atoms. The Morgan fingerprint density at radius 3 is 2.27 bits per heavy atom. The lowest BCUT2D eigenvalue weighted by Gasteiger charge is -2.11. The standard InChI is InChI=1S/C26H25FN4O2/c1-17(2)25(29)26(30)24(15-28)31-20-8-10-21(11-9-20)33-23-13-19(27)12-22(14-23)32-16-18-6-4-3-5-7-18/h3-14,17H,16,29-30H2,1-2H3/b26-25+,31-24?. The van der Waals surface area contributed by atoms with Crippen molar-refractivity contribution >= 4 is 11.4 Å². The zero-order valence-corrected chi connectivity index (χ0v) is 18.5. The van der Waals surface area contributed by atoms with E-state index in [0.717, 1.165) is 5.56 Å². The Morgan fingerprint density at radius 1 is 0.970 bits per heavy atom. The molecule has 0 aromatic heterocycles. The number of hydrogen-bond acceptors (Lipinski definition) is 6. The van der Waals surface area contributed by atoms with E-state index in [1.807, 2.05) is 50.2 Å². The molecular formula is C26H25FN4O2. The largest absolute Gasteiger partial charge is 0.489 e. The molecule has 0 radical (unpaired) electrons. The molecule has 0 aliphatic heterocycles. The van der Waals surface area contributed by atoms with Gasteiger partial charge in [-0.1, -0.05) is 44.2 Å². The molecule has 0 bridgehead atoms. The molecule has 0 unspecified atom stereocenters. The lowest BCUT2D eigenvalue weighted by Crippen LogP contribution is -2.20. The van der Waals surface area contributed by atoms with Crippen molar-refractivity contribution in [2.75, 3.05) is 0 Å². The summed E-state index contributed by atoms with van der Waals surface area (Å²) in [7, 11) is 0. The molecule has 0 amide bonds. The maximum atomic E-state index is 14.1. The summed E-state index contributed by atoms with van der Waals surface area (Å²) in [5.74, 6) is 0.646. The van der Waals surface area contributed by atoms with E-state index in [0.29, 0.717) is 35.2 Å². The van der Waals surface area contributed by atoms with Gasteiger partial charge in [-0.2, -0.15) is 5.26 Å². The van der Waals surface area contributed by atoms with Gasteiger partial charge in [0.2, 0.25) is 0 Å². The van der Waals surface area contributed by atoms with Gasteiger partial charge >= 0.3 is 0 Å². The molecule has 7 heteroatoms. The Balaban J connectivity index is 1.72. The SMILES string of the molecule is CC(C)/C(N)=C(\N)C(C#N)=Nc1ccc(Oc2cc(F)cc(OCc3ccccc3)c2)cc1. The van der Waals surface area contributed by atoms with Crippen LogP contribution in [0.15, 0.2) is 89.2 Å². The number of ether oxygens (including phenoxy) is 2. The molecule has 168 valence electrons. The summed E-state index contributed by atoms with van der Waals surface area (Å²) in [5.41, 5.74) is 14.0. The van der Waals surface area contributed by atoms with Crippen LogP contribution in [0.1, 0.15) is 19.4 Å². The van der Waals surface area contributed by atoms with E-state index >= 15 is 0 Å². The number of rotatable bonds is 8. The highest BCUT2D eigenvalue weighted by atomic mass is 19.1. The summed E-state index contributed by atoms with van der Waals surface area (Å²) in [6.45, 7) is 4.08. The van der Waals surface area contributed by atoms with Crippen LogP contribution in [0.25, 0.3) is 0 Å².